The zero-order chi connectivity index (χ0) is 14.0. The Bertz CT molecular complexity index is 504. The number of hydrazine groups is 1. The number of amides is 2. The normalized spacial score (nSPS) is 21.9. The summed E-state index contributed by atoms with van der Waals surface area (Å²) in [6.07, 6.45) is -1.03. The second-order valence-corrected chi connectivity index (χ2v) is 4.94. The van der Waals surface area contributed by atoms with Crippen molar-refractivity contribution < 1.29 is 14.7 Å². The molecule has 1 aliphatic rings. The van der Waals surface area contributed by atoms with Gasteiger partial charge in [0, 0.05) is 16.6 Å². The quantitative estimate of drug-likeness (QED) is 0.485. The second kappa shape index (κ2) is 5.64. The molecule has 0 bridgehead atoms. The van der Waals surface area contributed by atoms with Crippen LogP contribution in [0.25, 0.3) is 0 Å². The number of nitrogens with one attached hydrogen (secondary N) is 3. The minimum absolute atomic E-state index is 0.0694. The lowest BCUT2D eigenvalue weighted by Crippen LogP contribution is -2.41. The van der Waals surface area contributed by atoms with Crippen molar-refractivity contribution in [3.05, 3.63) is 28.2 Å². The first-order valence-corrected chi connectivity index (χ1v) is 6.20. The van der Waals surface area contributed by atoms with Crippen LogP contribution in [0.3, 0.4) is 0 Å². The molecule has 0 aliphatic carbocycles. The Kier molecular flexibility index (Phi) is 4.14. The van der Waals surface area contributed by atoms with Gasteiger partial charge in [-0.2, -0.15) is 0 Å². The molecular weight excluding hydrogens is 293 g/mol. The molecule has 1 fully saturated rings. The van der Waals surface area contributed by atoms with E-state index in [0.717, 1.165) is 0 Å². The highest BCUT2D eigenvalue weighted by atomic mass is 35.5. The molecule has 2 rings (SSSR count). The van der Waals surface area contributed by atoms with E-state index in [1.165, 1.54) is 0 Å². The topological polar surface area (TPSA) is 90.5 Å². The standard InChI is InChI=1S/C11H11Cl2N3O3/c12-5-1-6(13)3-7(2-5)15-16-11(19)9-8(17)4-14-10(9)18/h1-3,8-9,15,17H,4H2,(H,14,18)(H,16,19). The van der Waals surface area contributed by atoms with E-state index in [2.05, 4.69) is 16.2 Å². The molecule has 0 saturated carbocycles. The lowest BCUT2D eigenvalue weighted by Gasteiger charge is -2.13. The minimum Gasteiger partial charge on any atom is -0.390 e. The molecule has 1 aromatic carbocycles. The van der Waals surface area contributed by atoms with Crippen molar-refractivity contribution >= 4 is 40.7 Å². The summed E-state index contributed by atoms with van der Waals surface area (Å²) in [4.78, 5) is 23.1. The number of β-amino-alcohol motifs (C(OH)–C–C–N with tert-alkyl or cyclic N) is 1. The van der Waals surface area contributed by atoms with Crippen LogP contribution in [0.15, 0.2) is 18.2 Å². The van der Waals surface area contributed by atoms with Crippen molar-refractivity contribution in [2.45, 2.75) is 6.10 Å². The van der Waals surface area contributed by atoms with Crippen molar-refractivity contribution in [1.29, 1.82) is 0 Å². The molecule has 2 atom stereocenters. The Hall–Kier alpha value is -1.50. The molecule has 1 aliphatic heterocycles. The van der Waals surface area contributed by atoms with E-state index in [1.807, 2.05) is 0 Å². The van der Waals surface area contributed by atoms with Crippen molar-refractivity contribution in [2.24, 2.45) is 5.92 Å². The van der Waals surface area contributed by atoms with Gasteiger partial charge in [0.1, 0.15) is 5.92 Å². The molecule has 19 heavy (non-hydrogen) atoms. The Morgan fingerprint density at radius 2 is 1.95 bits per heavy atom. The Balaban J connectivity index is 1.98. The number of hydrogen-bond donors (Lipinski definition) is 4. The molecule has 1 saturated heterocycles. The molecule has 0 aromatic heterocycles. The molecule has 6 nitrogen and oxygen atoms in total. The van der Waals surface area contributed by atoms with Gasteiger partial charge in [-0.05, 0) is 18.2 Å². The lowest BCUT2D eigenvalue weighted by molar-refractivity contribution is -0.135. The number of aliphatic hydroxyl groups is 1. The summed E-state index contributed by atoms with van der Waals surface area (Å²) >= 11 is 11.6. The van der Waals surface area contributed by atoms with Gasteiger partial charge in [0.15, 0.2) is 0 Å². The fraction of sp³-hybridized carbons (Fsp3) is 0.273. The van der Waals surface area contributed by atoms with Crippen molar-refractivity contribution in [3.8, 4) is 0 Å². The van der Waals surface area contributed by atoms with Crippen molar-refractivity contribution in [3.63, 3.8) is 0 Å². The molecule has 0 spiro atoms. The first-order valence-electron chi connectivity index (χ1n) is 5.45. The van der Waals surface area contributed by atoms with Crippen LogP contribution < -0.4 is 16.2 Å². The van der Waals surface area contributed by atoms with E-state index < -0.39 is 23.8 Å². The van der Waals surface area contributed by atoms with Crippen LogP contribution in [0, 0.1) is 5.92 Å². The van der Waals surface area contributed by atoms with Gasteiger partial charge in [-0.3, -0.25) is 20.4 Å². The molecule has 102 valence electrons. The second-order valence-electron chi connectivity index (χ2n) is 4.06. The molecule has 1 aromatic rings. The van der Waals surface area contributed by atoms with E-state index in [4.69, 9.17) is 23.2 Å². The molecule has 8 heteroatoms. The number of hydrogen-bond acceptors (Lipinski definition) is 4. The predicted molar refractivity (Wildman–Crippen MR) is 70.7 cm³/mol. The summed E-state index contributed by atoms with van der Waals surface area (Å²) in [5.41, 5.74) is 5.38. The summed E-state index contributed by atoms with van der Waals surface area (Å²) < 4.78 is 0. The van der Waals surface area contributed by atoms with Gasteiger partial charge < -0.3 is 10.4 Å². The summed E-state index contributed by atoms with van der Waals surface area (Å²) in [5.74, 6) is -2.25. The zero-order valence-corrected chi connectivity index (χ0v) is 11.1. The summed E-state index contributed by atoms with van der Waals surface area (Å²) in [6.45, 7) is 0.0694. The maximum absolute atomic E-state index is 11.7. The third-order valence-corrected chi connectivity index (χ3v) is 3.06. The van der Waals surface area contributed by atoms with E-state index >= 15 is 0 Å². The molecule has 4 N–H and O–H groups in total. The number of benzene rings is 1. The van der Waals surface area contributed by atoms with E-state index in [0.29, 0.717) is 15.7 Å². The van der Waals surface area contributed by atoms with E-state index in [9.17, 15) is 14.7 Å². The number of carbonyl (C=O) groups excluding carboxylic acids is 2. The van der Waals surface area contributed by atoms with E-state index in [1.54, 1.807) is 18.2 Å². The molecule has 2 amide bonds. The lowest BCUT2D eigenvalue weighted by atomic mass is 10.1. The highest BCUT2D eigenvalue weighted by molar-refractivity contribution is 6.35. The average molecular weight is 304 g/mol. The SMILES string of the molecule is O=C1NCC(O)C1C(=O)NNc1cc(Cl)cc(Cl)c1. The smallest absolute Gasteiger partial charge is 0.253 e. The first kappa shape index (κ1) is 13.9. The average Bonchev–Trinajstić information content (AvgIpc) is 2.65. The predicted octanol–water partition coefficient (Wildman–Crippen LogP) is 0.543. The first-order chi connectivity index (χ1) is 8.97. The van der Waals surface area contributed by atoms with Crippen molar-refractivity contribution in [2.75, 3.05) is 12.0 Å². The maximum Gasteiger partial charge on any atom is 0.253 e. The van der Waals surface area contributed by atoms with E-state index in [-0.39, 0.29) is 6.54 Å². The zero-order valence-electron chi connectivity index (χ0n) is 9.61. The van der Waals surface area contributed by atoms with Gasteiger partial charge in [0.2, 0.25) is 5.91 Å². The molecular formula is C11H11Cl2N3O3. The summed E-state index contributed by atoms with van der Waals surface area (Å²) in [5, 5.41) is 12.7. The number of rotatable bonds is 3. The van der Waals surface area contributed by atoms with Gasteiger partial charge in [0.25, 0.3) is 5.91 Å². The van der Waals surface area contributed by atoms with Crippen LogP contribution in [0.2, 0.25) is 10.0 Å². The third kappa shape index (κ3) is 3.28. The van der Waals surface area contributed by atoms with Gasteiger partial charge in [-0.25, -0.2) is 0 Å². The van der Waals surface area contributed by atoms with Gasteiger partial charge >= 0.3 is 0 Å². The van der Waals surface area contributed by atoms with Crippen molar-refractivity contribution in [1.82, 2.24) is 10.7 Å². The van der Waals surface area contributed by atoms with Crippen LogP contribution in [0.4, 0.5) is 5.69 Å². The molecule has 1 heterocycles. The van der Waals surface area contributed by atoms with Crippen LogP contribution >= 0.6 is 23.2 Å². The fourth-order valence-electron chi connectivity index (χ4n) is 1.74. The maximum atomic E-state index is 11.7. The largest absolute Gasteiger partial charge is 0.390 e. The number of aliphatic hydroxyl groups excluding tert-OH is 1. The highest BCUT2D eigenvalue weighted by Gasteiger charge is 2.39. The van der Waals surface area contributed by atoms with Gasteiger partial charge in [0.05, 0.1) is 11.8 Å². The number of anilines is 1. The van der Waals surface area contributed by atoms with Crippen LogP contribution in [-0.4, -0.2) is 29.6 Å². The monoisotopic (exact) mass is 303 g/mol. The summed E-state index contributed by atoms with van der Waals surface area (Å²) in [7, 11) is 0. The van der Waals surface area contributed by atoms with Gasteiger partial charge in [-0.15, -0.1) is 0 Å². The molecule has 2 unspecified atom stereocenters. The van der Waals surface area contributed by atoms with Crippen LogP contribution in [0.1, 0.15) is 0 Å². The Labute approximate surface area is 119 Å². The highest BCUT2D eigenvalue weighted by Crippen LogP contribution is 2.22. The summed E-state index contributed by atoms with van der Waals surface area (Å²) in [6, 6.07) is 4.65. The molecule has 0 radical (unpaired) electrons. The van der Waals surface area contributed by atoms with Crippen LogP contribution in [-0.2, 0) is 9.59 Å². The van der Waals surface area contributed by atoms with Crippen LogP contribution in [0.5, 0.6) is 0 Å². The number of halogens is 2. The van der Waals surface area contributed by atoms with Gasteiger partial charge in [-0.1, -0.05) is 23.2 Å². The Morgan fingerprint density at radius 3 is 2.47 bits per heavy atom. The fourth-order valence-corrected chi connectivity index (χ4v) is 2.27. The number of carbonyl (C=O) groups is 2. The third-order valence-electron chi connectivity index (χ3n) is 2.63. The Morgan fingerprint density at radius 1 is 1.32 bits per heavy atom. The minimum atomic E-state index is -1.12.